The minimum atomic E-state index is -2.90. The van der Waals surface area contributed by atoms with E-state index in [1.165, 1.54) is 0 Å². The molecule has 2 fully saturated rings. The van der Waals surface area contributed by atoms with Gasteiger partial charge in [0.2, 0.25) is 5.91 Å². The Hall–Kier alpha value is -1.11. The Morgan fingerprint density at radius 3 is 2.64 bits per heavy atom. The Labute approximate surface area is 135 Å². The number of carbonyl (C=O) groups excluding carboxylic acids is 1. The van der Waals surface area contributed by atoms with Crippen molar-refractivity contribution in [1.82, 2.24) is 10.2 Å². The fraction of sp³-hybridized carbons (Fsp3) is 0.533. The van der Waals surface area contributed by atoms with E-state index in [1.807, 2.05) is 29.2 Å². The lowest BCUT2D eigenvalue weighted by atomic mass is 10.1. The summed E-state index contributed by atoms with van der Waals surface area (Å²) in [5.74, 6) is 0.538. The molecule has 1 aliphatic carbocycles. The summed E-state index contributed by atoms with van der Waals surface area (Å²) in [5.41, 5.74) is 1.08. The number of halogens is 1. The molecule has 1 saturated carbocycles. The van der Waals surface area contributed by atoms with Crippen molar-refractivity contribution in [1.29, 1.82) is 0 Å². The molecule has 22 heavy (non-hydrogen) atoms. The number of rotatable bonds is 4. The highest BCUT2D eigenvalue weighted by atomic mass is 35.5. The van der Waals surface area contributed by atoms with Gasteiger partial charge in [-0.3, -0.25) is 9.69 Å². The highest BCUT2D eigenvalue weighted by Crippen LogP contribution is 2.43. The molecular formula is C15H19ClN2O3S. The highest BCUT2D eigenvalue weighted by molar-refractivity contribution is 7.91. The molecule has 0 aromatic heterocycles. The molecule has 1 N–H and O–H groups in total. The summed E-state index contributed by atoms with van der Waals surface area (Å²) in [4.78, 5) is 13.9. The van der Waals surface area contributed by atoms with E-state index in [0.717, 1.165) is 17.0 Å². The third kappa shape index (κ3) is 3.80. The Balaban J connectivity index is 1.47. The molecule has 5 nitrogen and oxygen atoms in total. The van der Waals surface area contributed by atoms with Crippen LogP contribution >= 0.6 is 11.6 Å². The topological polar surface area (TPSA) is 66.5 Å². The second-order valence-electron chi connectivity index (χ2n) is 5.97. The zero-order valence-corrected chi connectivity index (χ0v) is 13.7. The second kappa shape index (κ2) is 6.18. The predicted octanol–water partition coefficient (Wildman–Crippen LogP) is 1.04. The molecule has 0 unspecified atom stereocenters. The molecule has 0 radical (unpaired) electrons. The minimum absolute atomic E-state index is 0.0427. The van der Waals surface area contributed by atoms with E-state index in [0.29, 0.717) is 19.0 Å². The minimum Gasteiger partial charge on any atom is -0.352 e. The van der Waals surface area contributed by atoms with Crippen LogP contribution in [0.15, 0.2) is 24.3 Å². The van der Waals surface area contributed by atoms with Gasteiger partial charge in [0.25, 0.3) is 0 Å². The van der Waals surface area contributed by atoms with E-state index in [1.54, 1.807) is 0 Å². The van der Waals surface area contributed by atoms with Crippen LogP contribution in [0, 0.1) is 0 Å². The van der Waals surface area contributed by atoms with Crippen molar-refractivity contribution in [3.63, 3.8) is 0 Å². The first kappa shape index (κ1) is 15.8. The predicted molar refractivity (Wildman–Crippen MR) is 85.8 cm³/mol. The first-order valence-electron chi connectivity index (χ1n) is 7.41. The summed E-state index contributed by atoms with van der Waals surface area (Å²) >= 11 is 6.17. The van der Waals surface area contributed by atoms with Crippen LogP contribution < -0.4 is 5.32 Å². The van der Waals surface area contributed by atoms with E-state index in [4.69, 9.17) is 11.6 Å². The van der Waals surface area contributed by atoms with E-state index in [2.05, 4.69) is 5.32 Å². The van der Waals surface area contributed by atoms with Crippen LogP contribution in [0.25, 0.3) is 0 Å². The maximum atomic E-state index is 12.0. The summed E-state index contributed by atoms with van der Waals surface area (Å²) < 4.78 is 22.7. The van der Waals surface area contributed by atoms with Gasteiger partial charge in [0.05, 0.1) is 18.1 Å². The molecule has 1 aromatic rings. The molecule has 7 heteroatoms. The maximum absolute atomic E-state index is 12.0. The van der Waals surface area contributed by atoms with Crippen LogP contribution in [0.1, 0.15) is 17.9 Å². The Bertz CT molecular complexity index is 663. The SMILES string of the molecule is O=C(CN1CCS(=O)(=O)CC1)N[C@H]1C[C@@H]1c1ccccc1Cl. The van der Waals surface area contributed by atoms with Gasteiger partial charge in [-0.2, -0.15) is 0 Å². The van der Waals surface area contributed by atoms with Gasteiger partial charge in [0.1, 0.15) is 0 Å². The molecule has 1 heterocycles. The van der Waals surface area contributed by atoms with Crippen molar-refractivity contribution in [3.8, 4) is 0 Å². The number of benzene rings is 1. The van der Waals surface area contributed by atoms with E-state index in [9.17, 15) is 13.2 Å². The number of nitrogens with zero attached hydrogens (tertiary/aromatic N) is 1. The molecule has 1 saturated heterocycles. The quantitative estimate of drug-likeness (QED) is 0.888. The second-order valence-corrected chi connectivity index (χ2v) is 8.68. The molecule has 3 rings (SSSR count). The zero-order valence-electron chi connectivity index (χ0n) is 12.2. The molecule has 0 spiro atoms. The summed E-state index contributed by atoms with van der Waals surface area (Å²) in [6.45, 7) is 1.14. The normalized spacial score (nSPS) is 27.3. The number of hydrogen-bond acceptors (Lipinski definition) is 4. The average Bonchev–Trinajstić information content (AvgIpc) is 3.20. The Morgan fingerprint density at radius 1 is 1.27 bits per heavy atom. The van der Waals surface area contributed by atoms with Crippen LogP contribution in [0.4, 0.5) is 0 Å². The van der Waals surface area contributed by atoms with Crippen LogP contribution in [0.5, 0.6) is 0 Å². The van der Waals surface area contributed by atoms with Gasteiger partial charge in [-0.05, 0) is 18.1 Å². The van der Waals surface area contributed by atoms with E-state index >= 15 is 0 Å². The van der Waals surface area contributed by atoms with Crippen LogP contribution in [0.3, 0.4) is 0 Å². The lowest BCUT2D eigenvalue weighted by Gasteiger charge is -2.25. The van der Waals surface area contributed by atoms with E-state index in [-0.39, 0.29) is 30.0 Å². The summed E-state index contributed by atoms with van der Waals surface area (Å²) in [5, 5.41) is 3.75. The van der Waals surface area contributed by atoms with Gasteiger partial charge in [-0.25, -0.2) is 8.42 Å². The Morgan fingerprint density at radius 2 is 1.95 bits per heavy atom. The van der Waals surface area contributed by atoms with Crippen molar-refractivity contribution in [2.45, 2.75) is 18.4 Å². The van der Waals surface area contributed by atoms with Crippen molar-refractivity contribution in [3.05, 3.63) is 34.9 Å². The molecule has 1 aliphatic heterocycles. The lowest BCUT2D eigenvalue weighted by Crippen LogP contribution is -2.45. The molecule has 120 valence electrons. The third-order valence-corrected chi connectivity index (χ3v) is 6.20. The van der Waals surface area contributed by atoms with Crippen LogP contribution in [-0.4, -0.2) is 56.4 Å². The number of sulfone groups is 1. The van der Waals surface area contributed by atoms with Gasteiger partial charge in [-0.1, -0.05) is 29.8 Å². The molecule has 0 bridgehead atoms. The highest BCUT2D eigenvalue weighted by Gasteiger charge is 2.40. The molecule has 2 aliphatic rings. The fourth-order valence-corrected chi connectivity index (χ4v) is 4.39. The number of carbonyl (C=O) groups is 1. The van der Waals surface area contributed by atoms with Gasteiger partial charge in [0, 0.05) is 30.1 Å². The number of amides is 1. The van der Waals surface area contributed by atoms with Gasteiger partial charge < -0.3 is 5.32 Å². The van der Waals surface area contributed by atoms with Gasteiger partial charge in [0.15, 0.2) is 9.84 Å². The summed E-state index contributed by atoms with van der Waals surface area (Å²) in [6, 6.07) is 7.84. The Kier molecular flexibility index (Phi) is 4.43. The average molecular weight is 343 g/mol. The standard InChI is InChI=1S/C15H19ClN2O3S/c16-13-4-2-1-3-11(13)12-9-14(12)17-15(19)10-18-5-7-22(20,21)8-6-18/h1-4,12,14H,5-10H2,(H,17,19)/t12-,14+/m1/s1. The molecule has 1 amide bonds. The van der Waals surface area contributed by atoms with Crippen LogP contribution in [-0.2, 0) is 14.6 Å². The van der Waals surface area contributed by atoms with Crippen molar-refractivity contribution < 1.29 is 13.2 Å². The van der Waals surface area contributed by atoms with Gasteiger partial charge >= 0.3 is 0 Å². The number of hydrogen-bond donors (Lipinski definition) is 1. The van der Waals surface area contributed by atoms with Crippen molar-refractivity contribution in [2.24, 2.45) is 0 Å². The third-order valence-electron chi connectivity index (χ3n) is 4.25. The van der Waals surface area contributed by atoms with Crippen molar-refractivity contribution >= 4 is 27.3 Å². The van der Waals surface area contributed by atoms with Crippen LogP contribution in [0.2, 0.25) is 5.02 Å². The fourth-order valence-electron chi connectivity index (χ4n) is 2.84. The van der Waals surface area contributed by atoms with Gasteiger partial charge in [-0.15, -0.1) is 0 Å². The maximum Gasteiger partial charge on any atom is 0.234 e. The smallest absolute Gasteiger partial charge is 0.234 e. The molecular weight excluding hydrogens is 324 g/mol. The molecule has 1 aromatic carbocycles. The lowest BCUT2D eigenvalue weighted by molar-refractivity contribution is -0.122. The monoisotopic (exact) mass is 342 g/mol. The van der Waals surface area contributed by atoms with Crippen molar-refractivity contribution in [2.75, 3.05) is 31.1 Å². The summed E-state index contributed by atoms with van der Waals surface area (Å²) in [7, 11) is -2.90. The summed E-state index contributed by atoms with van der Waals surface area (Å²) in [6.07, 6.45) is 0.907. The first-order valence-corrected chi connectivity index (χ1v) is 9.61. The molecule has 2 atom stereocenters. The number of nitrogens with one attached hydrogen (secondary N) is 1. The largest absolute Gasteiger partial charge is 0.352 e. The first-order chi connectivity index (χ1) is 10.4. The van der Waals surface area contributed by atoms with E-state index < -0.39 is 9.84 Å². The zero-order chi connectivity index (χ0) is 15.7.